The second-order valence-corrected chi connectivity index (χ2v) is 11.2. The third-order valence-corrected chi connectivity index (χ3v) is 10.4. The predicted octanol–water partition coefficient (Wildman–Crippen LogP) is 2.55. The van der Waals surface area contributed by atoms with Gasteiger partial charge in [0.25, 0.3) is 0 Å². The highest BCUT2D eigenvalue weighted by Crippen LogP contribution is 2.52. The number of hydrogen-bond acceptors (Lipinski definition) is 6. The standard InChI is InChI=1S/C7H2F13O6S3/c8-3(9,10)1-27(21,22)2(28(23,24)6(17,18)4(11,12)13)29(25,26)7(19,20)5(14,15)16/h1H2/q-1. The van der Waals surface area contributed by atoms with Gasteiger partial charge < -0.3 is 0 Å². The van der Waals surface area contributed by atoms with Crippen LogP contribution in [-0.2, 0) is 29.5 Å². The van der Waals surface area contributed by atoms with Crippen LogP contribution in [0.3, 0.4) is 0 Å². The molecule has 0 aliphatic rings. The molecular formula is C7H2F13O6S3-. The first-order chi connectivity index (χ1) is 12.1. The lowest BCUT2D eigenvalue weighted by atomic mass is 10.7. The Morgan fingerprint density at radius 1 is 0.517 bits per heavy atom. The molecular weight excluding hydrogens is 523 g/mol. The maximum atomic E-state index is 13.1. The first-order valence-corrected chi connectivity index (χ1v) is 10.2. The Balaban J connectivity index is 7.40. The zero-order chi connectivity index (χ0) is 24.3. The molecule has 0 saturated heterocycles. The van der Waals surface area contributed by atoms with Crippen LogP contribution in [0.25, 0.3) is 0 Å². The first kappa shape index (κ1) is 27.9. The second-order valence-electron chi connectivity index (χ2n) is 4.66. The average Bonchev–Trinajstić information content (AvgIpc) is 2.30. The Morgan fingerprint density at radius 3 is 0.931 bits per heavy atom. The average molecular weight is 525 g/mol. The van der Waals surface area contributed by atoms with E-state index in [-0.39, 0.29) is 0 Å². The van der Waals surface area contributed by atoms with Gasteiger partial charge in [-0.15, -0.1) is 0 Å². The lowest BCUT2D eigenvalue weighted by Gasteiger charge is -2.36. The summed E-state index contributed by atoms with van der Waals surface area (Å²) in [5.74, 6) is -3.99. The van der Waals surface area contributed by atoms with E-state index in [2.05, 4.69) is 0 Å². The molecule has 0 bridgehead atoms. The fourth-order valence-electron chi connectivity index (χ4n) is 1.27. The van der Waals surface area contributed by atoms with E-state index in [1.807, 2.05) is 0 Å². The van der Waals surface area contributed by atoms with Crippen LogP contribution in [0.5, 0.6) is 0 Å². The predicted molar refractivity (Wildman–Crippen MR) is 62.9 cm³/mol. The second kappa shape index (κ2) is 6.99. The zero-order valence-electron chi connectivity index (χ0n) is 12.3. The van der Waals surface area contributed by atoms with E-state index in [4.69, 9.17) is 0 Å². The number of sulfone groups is 3. The third kappa shape index (κ3) is 4.82. The SMILES string of the molecule is O=S(=O)(CC(F)(F)F)[C-](S(=O)(=O)C(F)(F)C(F)(F)F)S(=O)(=O)C(F)(F)C(F)(F)F. The molecule has 0 aliphatic carbocycles. The van der Waals surface area contributed by atoms with Crippen molar-refractivity contribution in [2.75, 3.05) is 5.75 Å². The van der Waals surface area contributed by atoms with Gasteiger partial charge >= 0.3 is 29.0 Å². The summed E-state index contributed by atoms with van der Waals surface area (Å²) in [4.78, 5) is 0. The highest BCUT2D eigenvalue weighted by atomic mass is 32.3. The van der Waals surface area contributed by atoms with Crippen LogP contribution < -0.4 is 0 Å². The molecule has 0 aliphatic heterocycles. The minimum atomic E-state index is -8.69. The highest BCUT2D eigenvalue weighted by molar-refractivity contribution is 8.29. The summed E-state index contributed by atoms with van der Waals surface area (Å²) in [5, 5.41) is -15.4. The summed E-state index contributed by atoms with van der Waals surface area (Å²) in [6.07, 6.45) is -21.5. The molecule has 0 atom stereocenters. The Labute approximate surface area is 151 Å². The van der Waals surface area contributed by atoms with Crippen LogP contribution >= 0.6 is 0 Å². The molecule has 0 fully saturated rings. The van der Waals surface area contributed by atoms with Crippen molar-refractivity contribution in [2.45, 2.75) is 29.0 Å². The normalized spacial score (nSPS) is 16.3. The van der Waals surface area contributed by atoms with Gasteiger partial charge in [0.15, 0.2) is 0 Å². The van der Waals surface area contributed by atoms with Crippen molar-refractivity contribution in [3.63, 3.8) is 0 Å². The molecule has 0 aromatic rings. The van der Waals surface area contributed by atoms with E-state index in [1.54, 1.807) is 0 Å². The molecule has 0 N–H and O–H groups in total. The number of hydrogen-bond donors (Lipinski definition) is 0. The summed E-state index contributed by atoms with van der Waals surface area (Å²) in [7, 11) is -25.1. The van der Waals surface area contributed by atoms with E-state index in [0.29, 0.717) is 0 Å². The molecule has 0 aromatic carbocycles. The Morgan fingerprint density at radius 2 is 0.759 bits per heavy atom. The lowest BCUT2D eigenvalue weighted by molar-refractivity contribution is -0.241. The van der Waals surface area contributed by atoms with Gasteiger partial charge in [-0.1, -0.05) is 0 Å². The molecule has 0 heterocycles. The van der Waals surface area contributed by atoms with Crippen molar-refractivity contribution in [1.82, 2.24) is 0 Å². The van der Waals surface area contributed by atoms with Gasteiger partial charge in [-0.3, -0.25) is 25.3 Å². The minimum absolute atomic E-state index is 3.99. The van der Waals surface area contributed by atoms with Gasteiger partial charge in [0.2, 0.25) is 0 Å². The van der Waals surface area contributed by atoms with Crippen molar-refractivity contribution < 1.29 is 82.3 Å². The number of alkyl halides is 13. The molecule has 0 radical (unpaired) electrons. The first-order valence-electron chi connectivity index (χ1n) is 5.62. The summed E-state index contributed by atoms with van der Waals surface area (Å²) in [5.41, 5.74) is 0. The summed E-state index contributed by atoms with van der Waals surface area (Å²) in [6.45, 7) is 0. The fraction of sp³-hybridized carbons (Fsp3) is 0.857. The number of rotatable bonds is 6. The van der Waals surface area contributed by atoms with E-state index in [9.17, 15) is 82.3 Å². The van der Waals surface area contributed by atoms with Crippen molar-refractivity contribution in [1.29, 1.82) is 0 Å². The molecule has 29 heavy (non-hydrogen) atoms. The molecule has 0 unspecified atom stereocenters. The van der Waals surface area contributed by atoms with Gasteiger partial charge in [-0.05, 0) is 0 Å². The van der Waals surface area contributed by atoms with Gasteiger partial charge in [0.1, 0.15) is 25.4 Å². The van der Waals surface area contributed by atoms with E-state index in [0.717, 1.165) is 0 Å². The maximum absolute atomic E-state index is 13.1. The van der Waals surface area contributed by atoms with Gasteiger partial charge in [-0.2, -0.15) is 57.1 Å². The van der Waals surface area contributed by atoms with Crippen molar-refractivity contribution in [3.05, 3.63) is 3.91 Å². The van der Waals surface area contributed by atoms with E-state index < -0.39 is 68.2 Å². The van der Waals surface area contributed by atoms with Crippen LogP contribution in [0.2, 0.25) is 0 Å². The smallest absolute Gasteiger partial charge is 0.260 e. The Hall–Kier alpha value is -1.06. The molecule has 0 amide bonds. The lowest BCUT2D eigenvalue weighted by Crippen LogP contribution is -2.55. The summed E-state index contributed by atoms with van der Waals surface area (Å²) >= 11 is 0. The van der Waals surface area contributed by atoms with Gasteiger partial charge in [0, 0.05) is 0 Å². The van der Waals surface area contributed by atoms with Gasteiger partial charge in [-0.25, -0.2) is 0 Å². The fourth-order valence-corrected chi connectivity index (χ4v) is 8.28. The van der Waals surface area contributed by atoms with Crippen LogP contribution in [0, 0.1) is 3.91 Å². The minimum Gasteiger partial charge on any atom is -0.260 e. The quantitative estimate of drug-likeness (QED) is 0.390. The topological polar surface area (TPSA) is 102 Å². The van der Waals surface area contributed by atoms with Crippen molar-refractivity contribution in [2.24, 2.45) is 0 Å². The van der Waals surface area contributed by atoms with Crippen molar-refractivity contribution >= 4 is 29.5 Å². The Bertz CT molecular complexity index is 878. The zero-order valence-corrected chi connectivity index (χ0v) is 14.7. The largest absolute Gasteiger partial charge is 0.466 e. The van der Waals surface area contributed by atoms with E-state index in [1.165, 1.54) is 0 Å². The molecule has 176 valence electrons. The van der Waals surface area contributed by atoms with Crippen LogP contribution in [0.15, 0.2) is 0 Å². The third-order valence-electron chi connectivity index (χ3n) is 2.38. The maximum Gasteiger partial charge on any atom is 0.466 e. The monoisotopic (exact) mass is 525 g/mol. The van der Waals surface area contributed by atoms with Gasteiger partial charge in [0.05, 0.1) is 13.8 Å². The van der Waals surface area contributed by atoms with Crippen LogP contribution in [0.1, 0.15) is 0 Å². The van der Waals surface area contributed by atoms with E-state index >= 15 is 0 Å². The van der Waals surface area contributed by atoms with Crippen molar-refractivity contribution in [3.8, 4) is 0 Å². The summed E-state index contributed by atoms with van der Waals surface area (Å²) in [6, 6.07) is 0. The Kier molecular flexibility index (Phi) is 6.73. The number of halogens is 13. The van der Waals surface area contributed by atoms with Crippen LogP contribution in [-0.4, -0.2) is 60.0 Å². The molecule has 0 aromatic heterocycles. The molecule has 0 rings (SSSR count). The molecule has 22 heteroatoms. The molecule has 0 spiro atoms. The molecule has 0 saturated carbocycles. The summed E-state index contributed by atoms with van der Waals surface area (Å²) < 4.78 is 224. The van der Waals surface area contributed by atoms with Crippen LogP contribution in [0.4, 0.5) is 57.1 Å². The highest BCUT2D eigenvalue weighted by Gasteiger charge is 2.73. The molecule has 6 nitrogen and oxygen atoms in total.